The summed E-state index contributed by atoms with van der Waals surface area (Å²) in [5.41, 5.74) is 5.01. The zero-order valence-electron chi connectivity index (χ0n) is 20.9. The number of hydrogen-bond acceptors (Lipinski definition) is 7. The van der Waals surface area contributed by atoms with E-state index < -0.39 is 0 Å². The summed E-state index contributed by atoms with van der Waals surface area (Å²) in [4.78, 5) is 22.7. The molecule has 0 spiro atoms. The number of esters is 1. The zero-order valence-corrected chi connectivity index (χ0v) is 20.9. The number of nitrogens with zero attached hydrogens (tertiary/aromatic N) is 2. The SMILES string of the molecule is CCC(C)OC(C)=O.O=C(Nc1ccc(C=NN2CCOCC2)cc1)c1ccc2c(c1)CNCC2. The molecule has 1 amide bonds. The van der Waals surface area contributed by atoms with Crippen molar-refractivity contribution < 1.29 is 19.1 Å². The Morgan fingerprint density at radius 3 is 2.57 bits per heavy atom. The van der Waals surface area contributed by atoms with Crippen LogP contribution in [0.4, 0.5) is 5.69 Å². The van der Waals surface area contributed by atoms with Crippen molar-refractivity contribution in [3.63, 3.8) is 0 Å². The Morgan fingerprint density at radius 2 is 1.91 bits per heavy atom. The summed E-state index contributed by atoms with van der Waals surface area (Å²) in [7, 11) is 0. The molecule has 35 heavy (non-hydrogen) atoms. The largest absolute Gasteiger partial charge is 0.463 e. The number of hydrogen-bond donors (Lipinski definition) is 2. The third kappa shape index (κ3) is 8.81. The van der Waals surface area contributed by atoms with Gasteiger partial charge in [0.25, 0.3) is 5.91 Å². The quantitative estimate of drug-likeness (QED) is 0.485. The first-order valence-electron chi connectivity index (χ1n) is 12.2. The van der Waals surface area contributed by atoms with Crippen LogP contribution in [0.5, 0.6) is 0 Å². The second-order valence-corrected chi connectivity index (χ2v) is 8.63. The van der Waals surface area contributed by atoms with Gasteiger partial charge in [-0.3, -0.25) is 14.6 Å². The van der Waals surface area contributed by atoms with E-state index in [1.807, 2.05) is 61.5 Å². The van der Waals surface area contributed by atoms with E-state index in [0.29, 0.717) is 5.56 Å². The minimum atomic E-state index is -0.195. The summed E-state index contributed by atoms with van der Waals surface area (Å²) in [6, 6.07) is 13.7. The first-order valence-corrected chi connectivity index (χ1v) is 12.2. The van der Waals surface area contributed by atoms with E-state index >= 15 is 0 Å². The molecule has 188 valence electrons. The summed E-state index contributed by atoms with van der Waals surface area (Å²) in [5.74, 6) is -0.280. The van der Waals surface area contributed by atoms with Crippen molar-refractivity contribution in [2.45, 2.75) is 46.3 Å². The fourth-order valence-corrected chi connectivity index (χ4v) is 3.66. The molecule has 2 aromatic carbocycles. The molecule has 2 N–H and O–H groups in total. The molecule has 0 bridgehead atoms. The van der Waals surface area contributed by atoms with Crippen LogP contribution in [-0.4, -0.2) is 62.1 Å². The van der Waals surface area contributed by atoms with E-state index in [9.17, 15) is 9.59 Å². The second kappa shape index (κ2) is 13.6. The predicted octanol–water partition coefficient (Wildman–Crippen LogP) is 3.60. The Labute approximate surface area is 207 Å². The number of rotatable bonds is 6. The highest BCUT2D eigenvalue weighted by molar-refractivity contribution is 6.04. The van der Waals surface area contributed by atoms with Gasteiger partial charge in [0, 0.05) is 24.7 Å². The summed E-state index contributed by atoms with van der Waals surface area (Å²) in [6.07, 6.45) is 3.82. The van der Waals surface area contributed by atoms with E-state index in [4.69, 9.17) is 9.47 Å². The molecular formula is C27H36N4O4. The van der Waals surface area contributed by atoms with Crippen molar-refractivity contribution in [2.24, 2.45) is 5.10 Å². The van der Waals surface area contributed by atoms with Gasteiger partial charge in [-0.2, -0.15) is 5.10 Å². The molecule has 2 aromatic rings. The number of nitrogens with one attached hydrogen (secondary N) is 2. The minimum absolute atomic E-state index is 0.0764. The fraction of sp³-hybridized carbons (Fsp3) is 0.444. The summed E-state index contributed by atoms with van der Waals surface area (Å²) >= 11 is 0. The molecule has 1 fully saturated rings. The Balaban J connectivity index is 0.000000371. The van der Waals surface area contributed by atoms with E-state index in [2.05, 4.69) is 21.8 Å². The standard InChI is InChI=1S/C21H24N4O2.C6H12O2/c26-21(18-4-3-17-7-8-22-15-19(17)13-18)24-20-5-1-16(2-6-20)14-23-25-9-11-27-12-10-25;1-4-5(2)8-6(3)7/h1-6,13-14,22H,7-12,15H2,(H,24,26);5H,4H2,1-3H3. The number of ether oxygens (including phenoxy) is 2. The number of benzene rings is 2. The molecule has 1 unspecified atom stereocenters. The van der Waals surface area contributed by atoms with Crippen molar-refractivity contribution in [1.82, 2.24) is 10.3 Å². The van der Waals surface area contributed by atoms with Crippen LogP contribution in [0.3, 0.4) is 0 Å². The molecule has 2 aliphatic rings. The second-order valence-electron chi connectivity index (χ2n) is 8.63. The average molecular weight is 481 g/mol. The number of fused-ring (bicyclic) bond motifs is 1. The maximum absolute atomic E-state index is 12.5. The third-order valence-corrected chi connectivity index (χ3v) is 5.82. The highest BCUT2D eigenvalue weighted by Crippen LogP contribution is 2.17. The Morgan fingerprint density at radius 1 is 1.17 bits per heavy atom. The third-order valence-electron chi connectivity index (χ3n) is 5.82. The predicted molar refractivity (Wildman–Crippen MR) is 138 cm³/mol. The maximum Gasteiger partial charge on any atom is 0.302 e. The molecule has 1 atom stereocenters. The van der Waals surface area contributed by atoms with Gasteiger partial charge in [0.05, 0.1) is 38.6 Å². The monoisotopic (exact) mass is 480 g/mol. The molecule has 8 heteroatoms. The molecule has 2 heterocycles. The highest BCUT2D eigenvalue weighted by atomic mass is 16.5. The van der Waals surface area contributed by atoms with Crippen LogP contribution in [-0.2, 0) is 27.2 Å². The van der Waals surface area contributed by atoms with E-state index in [1.54, 1.807) is 0 Å². The van der Waals surface area contributed by atoms with Crippen molar-refractivity contribution in [3.05, 3.63) is 64.7 Å². The summed E-state index contributed by atoms with van der Waals surface area (Å²) in [6.45, 7) is 10.2. The molecule has 4 rings (SSSR count). The lowest BCUT2D eigenvalue weighted by Gasteiger charge is -2.23. The average Bonchev–Trinajstić information content (AvgIpc) is 2.88. The number of hydrazone groups is 1. The maximum atomic E-state index is 12.5. The van der Waals surface area contributed by atoms with E-state index in [-0.39, 0.29) is 18.0 Å². The lowest BCUT2D eigenvalue weighted by atomic mass is 9.98. The van der Waals surface area contributed by atoms with Crippen molar-refractivity contribution in [1.29, 1.82) is 0 Å². The van der Waals surface area contributed by atoms with Crippen LogP contribution in [0.1, 0.15) is 54.2 Å². The van der Waals surface area contributed by atoms with Crippen LogP contribution in [0.15, 0.2) is 47.6 Å². The van der Waals surface area contributed by atoms with Gasteiger partial charge in [-0.15, -0.1) is 0 Å². The topological polar surface area (TPSA) is 92.3 Å². The Bertz CT molecular complexity index is 1000. The van der Waals surface area contributed by atoms with Gasteiger partial charge in [-0.05, 0) is 67.3 Å². The van der Waals surface area contributed by atoms with Crippen LogP contribution in [0, 0.1) is 0 Å². The smallest absolute Gasteiger partial charge is 0.302 e. The summed E-state index contributed by atoms with van der Waals surface area (Å²) in [5, 5.41) is 12.8. The number of amides is 1. The molecule has 2 aliphatic heterocycles. The first kappa shape index (κ1) is 26.4. The van der Waals surface area contributed by atoms with E-state index in [1.165, 1.54) is 18.1 Å². The molecule has 0 radical (unpaired) electrons. The van der Waals surface area contributed by atoms with Gasteiger partial charge in [-0.25, -0.2) is 0 Å². The van der Waals surface area contributed by atoms with Crippen LogP contribution in [0.2, 0.25) is 0 Å². The highest BCUT2D eigenvalue weighted by Gasteiger charge is 2.13. The molecule has 0 aliphatic carbocycles. The zero-order chi connectivity index (χ0) is 25.0. The fourth-order valence-electron chi connectivity index (χ4n) is 3.66. The molecule has 0 saturated carbocycles. The summed E-state index contributed by atoms with van der Waals surface area (Å²) < 4.78 is 10.1. The van der Waals surface area contributed by atoms with Crippen LogP contribution < -0.4 is 10.6 Å². The minimum Gasteiger partial charge on any atom is -0.463 e. The molecule has 0 aromatic heterocycles. The van der Waals surface area contributed by atoms with Gasteiger partial charge in [0.2, 0.25) is 0 Å². The van der Waals surface area contributed by atoms with Gasteiger partial charge >= 0.3 is 5.97 Å². The lowest BCUT2D eigenvalue weighted by molar-refractivity contribution is -0.145. The number of anilines is 1. The van der Waals surface area contributed by atoms with E-state index in [0.717, 1.165) is 63.5 Å². The Kier molecular flexibility index (Phi) is 10.3. The first-order chi connectivity index (χ1) is 16.9. The van der Waals surface area contributed by atoms with Gasteiger partial charge in [-0.1, -0.05) is 25.1 Å². The molecule has 8 nitrogen and oxygen atoms in total. The lowest BCUT2D eigenvalue weighted by Crippen LogP contribution is -2.32. The van der Waals surface area contributed by atoms with Crippen molar-refractivity contribution >= 4 is 23.8 Å². The number of carbonyl (C=O) groups excluding carboxylic acids is 2. The Hall–Kier alpha value is -3.23. The van der Waals surface area contributed by atoms with Crippen molar-refractivity contribution in [2.75, 3.05) is 38.2 Å². The van der Waals surface area contributed by atoms with Gasteiger partial charge in [0.1, 0.15) is 0 Å². The van der Waals surface area contributed by atoms with Gasteiger partial charge < -0.3 is 20.1 Å². The number of morpholine rings is 1. The van der Waals surface area contributed by atoms with Crippen molar-refractivity contribution in [3.8, 4) is 0 Å². The number of carbonyl (C=O) groups is 2. The van der Waals surface area contributed by atoms with Gasteiger partial charge in [0.15, 0.2) is 0 Å². The van der Waals surface area contributed by atoms with Crippen LogP contribution in [0.25, 0.3) is 0 Å². The van der Waals surface area contributed by atoms with Crippen LogP contribution >= 0.6 is 0 Å². The molecule has 1 saturated heterocycles. The molecular weight excluding hydrogens is 444 g/mol. The normalized spacial score (nSPS) is 16.0.